The summed E-state index contributed by atoms with van der Waals surface area (Å²) in [4.78, 5) is 18.4. The molecule has 0 unspecified atom stereocenters. The van der Waals surface area contributed by atoms with Crippen molar-refractivity contribution in [2.24, 2.45) is 10.7 Å². The second kappa shape index (κ2) is 9.53. The first-order valence-electron chi connectivity index (χ1n) is 10.5. The first-order chi connectivity index (χ1) is 14.6. The number of nitrogens with two attached hydrogens (primary N) is 1. The van der Waals surface area contributed by atoms with E-state index in [-0.39, 0.29) is 0 Å². The highest BCUT2D eigenvalue weighted by atomic mass is 35.5. The summed E-state index contributed by atoms with van der Waals surface area (Å²) in [6.07, 6.45) is 1.92. The van der Waals surface area contributed by atoms with E-state index in [0.29, 0.717) is 12.5 Å². The van der Waals surface area contributed by atoms with Gasteiger partial charge in [-0.25, -0.2) is 9.98 Å². The molecule has 1 aromatic heterocycles. The van der Waals surface area contributed by atoms with Crippen molar-refractivity contribution < 1.29 is 0 Å². The number of piperazine rings is 2. The monoisotopic (exact) mass is 427 g/mol. The van der Waals surface area contributed by atoms with Crippen LogP contribution >= 0.6 is 11.6 Å². The van der Waals surface area contributed by atoms with Gasteiger partial charge in [0.05, 0.1) is 6.54 Å². The average Bonchev–Trinajstić information content (AvgIpc) is 2.79. The van der Waals surface area contributed by atoms with Gasteiger partial charge >= 0.3 is 0 Å². The third-order valence-corrected chi connectivity index (χ3v) is 6.11. The van der Waals surface area contributed by atoms with E-state index in [1.54, 1.807) is 0 Å². The maximum atomic E-state index is 6.27. The Morgan fingerprint density at radius 3 is 2.23 bits per heavy atom. The number of nitrogens with zero attached hydrogens (tertiary/aromatic N) is 6. The van der Waals surface area contributed by atoms with Crippen molar-refractivity contribution in [2.75, 3.05) is 69.2 Å². The van der Waals surface area contributed by atoms with Crippen LogP contribution in [0.2, 0.25) is 5.02 Å². The molecule has 3 heterocycles. The lowest BCUT2D eigenvalue weighted by Crippen LogP contribution is -2.51. The third-order valence-electron chi connectivity index (χ3n) is 5.86. The highest BCUT2D eigenvalue weighted by molar-refractivity contribution is 6.30. The van der Waals surface area contributed by atoms with Crippen molar-refractivity contribution >= 4 is 29.1 Å². The minimum atomic E-state index is 0.555. The predicted molar refractivity (Wildman–Crippen MR) is 125 cm³/mol. The van der Waals surface area contributed by atoms with Gasteiger partial charge in [-0.2, -0.15) is 0 Å². The van der Waals surface area contributed by atoms with Crippen molar-refractivity contribution in [2.45, 2.75) is 6.54 Å². The van der Waals surface area contributed by atoms with E-state index >= 15 is 0 Å². The fourth-order valence-corrected chi connectivity index (χ4v) is 3.98. The van der Waals surface area contributed by atoms with Gasteiger partial charge in [0.15, 0.2) is 5.96 Å². The van der Waals surface area contributed by atoms with Gasteiger partial charge in [0.2, 0.25) is 0 Å². The second-order valence-corrected chi connectivity index (χ2v) is 8.38. The summed E-state index contributed by atoms with van der Waals surface area (Å²) >= 11 is 5.99. The van der Waals surface area contributed by atoms with Crippen LogP contribution in [0.1, 0.15) is 5.56 Å². The van der Waals surface area contributed by atoms with Crippen molar-refractivity contribution in [3.63, 3.8) is 0 Å². The molecule has 30 heavy (non-hydrogen) atoms. The summed E-state index contributed by atoms with van der Waals surface area (Å²) in [5, 5.41) is 0.764. The normalized spacial score (nSPS) is 18.7. The van der Waals surface area contributed by atoms with E-state index in [1.807, 2.05) is 18.3 Å². The van der Waals surface area contributed by atoms with Gasteiger partial charge < -0.3 is 25.3 Å². The van der Waals surface area contributed by atoms with Gasteiger partial charge in [0.1, 0.15) is 5.82 Å². The molecule has 0 spiro atoms. The molecular formula is C22H30ClN7. The van der Waals surface area contributed by atoms with Crippen LogP contribution in [0.15, 0.2) is 47.6 Å². The Morgan fingerprint density at radius 2 is 1.60 bits per heavy atom. The molecule has 0 atom stereocenters. The first kappa shape index (κ1) is 20.8. The predicted octanol–water partition coefficient (Wildman–Crippen LogP) is 2.12. The van der Waals surface area contributed by atoms with Crippen LogP contribution in [-0.2, 0) is 6.54 Å². The molecule has 2 N–H and O–H groups in total. The van der Waals surface area contributed by atoms with Gasteiger partial charge in [-0.05, 0) is 42.9 Å². The van der Waals surface area contributed by atoms with Crippen LogP contribution in [0.25, 0.3) is 0 Å². The molecular weight excluding hydrogens is 398 g/mol. The molecule has 2 aliphatic heterocycles. The van der Waals surface area contributed by atoms with E-state index in [1.165, 1.54) is 5.69 Å². The highest BCUT2D eigenvalue weighted by Crippen LogP contribution is 2.19. The Morgan fingerprint density at radius 1 is 0.933 bits per heavy atom. The summed E-state index contributed by atoms with van der Waals surface area (Å²) in [5.41, 5.74) is 8.54. The highest BCUT2D eigenvalue weighted by Gasteiger charge is 2.19. The number of likely N-dealkylation sites (N-methyl/N-ethyl adjacent to an activating group) is 1. The molecule has 4 rings (SSSR count). The number of hydrogen-bond acceptors (Lipinski definition) is 5. The van der Waals surface area contributed by atoms with E-state index in [2.05, 4.69) is 60.9 Å². The standard InChI is InChI=1S/C22H30ClN7/c1-27-8-10-29(11-9-27)21-7-2-18(16-25-21)17-26-22(24)30-14-12-28(13-15-30)20-5-3-19(23)4-6-20/h2-7,16H,8-15,17H2,1H3,(H2,24,26). The van der Waals surface area contributed by atoms with Gasteiger partial charge in [0, 0.05) is 69.3 Å². The van der Waals surface area contributed by atoms with Gasteiger partial charge in [-0.3, -0.25) is 0 Å². The quantitative estimate of drug-likeness (QED) is 0.595. The minimum absolute atomic E-state index is 0.555. The fourth-order valence-electron chi connectivity index (χ4n) is 3.85. The molecule has 0 amide bonds. The number of guanidine groups is 1. The largest absolute Gasteiger partial charge is 0.370 e. The molecule has 7 nitrogen and oxygen atoms in total. The van der Waals surface area contributed by atoms with E-state index in [9.17, 15) is 0 Å². The molecule has 2 saturated heterocycles. The topological polar surface area (TPSA) is 64.2 Å². The summed E-state index contributed by atoms with van der Waals surface area (Å²) in [6, 6.07) is 12.2. The minimum Gasteiger partial charge on any atom is -0.370 e. The first-order valence-corrected chi connectivity index (χ1v) is 10.9. The van der Waals surface area contributed by atoms with Gasteiger partial charge in [-0.1, -0.05) is 17.7 Å². The maximum Gasteiger partial charge on any atom is 0.191 e. The van der Waals surface area contributed by atoms with Crippen LogP contribution in [-0.4, -0.2) is 80.1 Å². The number of halogens is 1. The number of pyridine rings is 1. The molecule has 2 fully saturated rings. The van der Waals surface area contributed by atoms with Crippen LogP contribution in [0.3, 0.4) is 0 Å². The summed E-state index contributed by atoms with van der Waals surface area (Å²) in [7, 11) is 2.16. The molecule has 0 bridgehead atoms. The zero-order valence-electron chi connectivity index (χ0n) is 17.5. The van der Waals surface area contributed by atoms with Crippen molar-refractivity contribution in [1.29, 1.82) is 0 Å². The van der Waals surface area contributed by atoms with Gasteiger partial charge in [-0.15, -0.1) is 0 Å². The summed E-state index contributed by atoms with van der Waals surface area (Å²) in [6.45, 7) is 8.31. The van der Waals surface area contributed by atoms with E-state index in [4.69, 9.17) is 17.3 Å². The van der Waals surface area contributed by atoms with Crippen LogP contribution in [0.5, 0.6) is 0 Å². The van der Waals surface area contributed by atoms with Crippen molar-refractivity contribution in [3.05, 3.63) is 53.2 Å². The summed E-state index contributed by atoms with van der Waals surface area (Å²) in [5.74, 6) is 1.65. The number of rotatable bonds is 4. The Balaban J connectivity index is 1.27. The molecule has 0 saturated carbocycles. The average molecular weight is 428 g/mol. The molecule has 2 aliphatic rings. The molecule has 1 aromatic carbocycles. The Hall–Kier alpha value is -2.51. The molecule has 0 aliphatic carbocycles. The smallest absolute Gasteiger partial charge is 0.191 e. The number of hydrogen-bond donors (Lipinski definition) is 1. The zero-order chi connectivity index (χ0) is 20.9. The summed E-state index contributed by atoms with van der Waals surface area (Å²) < 4.78 is 0. The molecule has 2 aromatic rings. The second-order valence-electron chi connectivity index (χ2n) is 7.94. The zero-order valence-corrected chi connectivity index (χ0v) is 18.3. The fraction of sp³-hybridized carbons (Fsp3) is 0.455. The molecule has 8 heteroatoms. The van der Waals surface area contributed by atoms with Crippen molar-refractivity contribution in [3.8, 4) is 0 Å². The number of benzene rings is 1. The van der Waals surface area contributed by atoms with Crippen LogP contribution in [0.4, 0.5) is 11.5 Å². The van der Waals surface area contributed by atoms with E-state index < -0.39 is 0 Å². The Bertz CT molecular complexity index is 837. The number of anilines is 2. The lowest BCUT2D eigenvalue weighted by atomic mass is 10.2. The Labute approximate surface area is 183 Å². The SMILES string of the molecule is CN1CCN(c2ccc(CN=C(N)N3CCN(c4ccc(Cl)cc4)CC3)cn2)CC1. The number of aliphatic imine (C=N–C) groups is 1. The molecule has 0 radical (unpaired) electrons. The third kappa shape index (κ3) is 5.15. The molecule has 160 valence electrons. The lowest BCUT2D eigenvalue weighted by molar-refractivity contribution is 0.312. The number of aromatic nitrogens is 1. The maximum absolute atomic E-state index is 6.27. The van der Waals surface area contributed by atoms with Gasteiger partial charge in [0.25, 0.3) is 0 Å². The van der Waals surface area contributed by atoms with E-state index in [0.717, 1.165) is 68.8 Å². The van der Waals surface area contributed by atoms with Crippen molar-refractivity contribution in [1.82, 2.24) is 14.8 Å². The van der Waals surface area contributed by atoms with Crippen LogP contribution < -0.4 is 15.5 Å². The Kier molecular flexibility index (Phi) is 6.59. The lowest BCUT2D eigenvalue weighted by Gasteiger charge is -2.36. The van der Waals surface area contributed by atoms with Crippen LogP contribution in [0, 0.1) is 0 Å².